The second kappa shape index (κ2) is 6.04. The van der Waals surface area contributed by atoms with E-state index in [4.69, 9.17) is 5.11 Å². The number of sulfonamides is 1. The summed E-state index contributed by atoms with van der Waals surface area (Å²) in [7, 11) is -3.80. The zero-order chi connectivity index (χ0) is 14.6. The van der Waals surface area contributed by atoms with Crippen molar-refractivity contribution in [3.05, 3.63) is 53.9 Å². The predicted octanol–water partition coefficient (Wildman–Crippen LogP) is 0.586. The van der Waals surface area contributed by atoms with Crippen molar-refractivity contribution < 1.29 is 17.9 Å². The highest BCUT2D eigenvalue weighted by atomic mass is 32.2. The van der Waals surface area contributed by atoms with E-state index in [1.807, 2.05) is 0 Å². The molecule has 0 aliphatic carbocycles. The van der Waals surface area contributed by atoms with Crippen LogP contribution in [0, 0.1) is 5.82 Å². The molecule has 0 fully saturated rings. The molecular formula is C12H12FN3O3S. The Balaban J connectivity index is 2.18. The SMILES string of the molecule is O=S(=O)(NCc1ccncn1)c1ccc(F)c(CO)c1. The second-order valence-electron chi connectivity index (χ2n) is 3.94. The van der Waals surface area contributed by atoms with Gasteiger partial charge in [-0.1, -0.05) is 0 Å². The maximum atomic E-state index is 13.2. The molecule has 106 valence electrons. The highest BCUT2D eigenvalue weighted by molar-refractivity contribution is 7.89. The molecule has 1 aromatic heterocycles. The second-order valence-corrected chi connectivity index (χ2v) is 5.70. The van der Waals surface area contributed by atoms with Gasteiger partial charge in [0.1, 0.15) is 12.1 Å². The van der Waals surface area contributed by atoms with E-state index in [9.17, 15) is 12.8 Å². The molecule has 0 amide bonds. The molecule has 0 aliphatic rings. The molecule has 0 unspecified atom stereocenters. The van der Waals surface area contributed by atoms with Crippen LogP contribution in [0.25, 0.3) is 0 Å². The molecule has 0 spiro atoms. The van der Waals surface area contributed by atoms with E-state index >= 15 is 0 Å². The fourth-order valence-electron chi connectivity index (χ4n) is 1.51. The lowest BCUT2D eigenvalue weighted by atomic mass is 10.2. The maximum Gasteiger partial charge on any atom is 0.240 e. The normalized spacial score (nSPS) is 11.5. The largest absolute Gasteiger partial charge is 0.392 e. The highest BCUT2D eigenvalue weighted by Gasteiger charge is 2.16. The van der Waals surface area contributed by atoms with Gasteiger partial charge < -0.3 is 5.11 Å². The first-order valence-electron chi connectivity index (χ1n) is 5.67. The minimum atomic E-state index is -3.80. The fraction of sp³-hybridized carbons (Fsp3) is 0.167. The number of hydrogen-bond donors (Lipinski definition) is 2. The first kappa shape index (κ1) is 14.5. The van der Waals surface area contributed by atoms with Gasteiger partial charge in [-0.15, -0.1) is 0 Å². The summed E-state index contributed by atoms with van der Waals surface area (Å²) in [4.78, 5) is 7.49. The third-order valence-corrected chi connectivity index (χ3v) is 3.98. The smallest absolute Gasteiger partial charge is 0.240 e. The molecule has 0 radical (unpaired) electrons. The maximum absolute atomic E-state index is 13.2. The summed E-state index contributed by atoms with van der Waals surface area (Å²) in [6, 6.07) is 4.81. The minimum Gasteiger partial charge on any atom is -0.392 e. The number of hydrogen-bond acceptors (Lipinski definition) is 5. The van der Waals surface area contributed by atoms with E-state index in [0.717, 1.165) is 18.2 Å². The van der Waals surface area contributed by atoms with Gasteiger partial charge in [-0.2, -0.15) is 0 Å². The van der Waals surface area contributed by atoms with Gasteiger partial charge >= 0.3 is 0 Å². The monoisotopic (exact) mass is 297 g/mol. The third kappa shape index (κ3) is 3.35. The third-order valence-electron chi connectivity index (χ3n) is 2.58. The Hall–Kier alpha value is -1.90. The minimum absolute atomic E-state index is 0.00329. The van der Waals surface area contributed by atoms with Crippen molar-refractivity contribution in [2.75, 3.05) is 0 Å². The Morgan fingerprint density at radius 1 is 1.30 bits per heavy atom. The van der Waals surface area contributed by atoms with Crippen molar-refractivity contribution in [1.29, 1.82) is 0 Å². The molecule has 0 saturated heterocycles. The lowest BCUT2D eigenvalue weighted by Crippen LogP contribution is -2.24. The van der Waals surface area contributed by atoms with E-state index in [2.05, 4.69) is 14.7 Å². The molecule has 0 bridgehead atoms. The quantitative estimate of drug-likeness (QED) is 0.842. The Labute approximate surface area is 115 Å². The molecule has 6 nitrogen and oxygen atoms in total. The Bertz CT molecular complexity index is 692. The van der Waals surface area contributed by atoms with Gasteiger partial charge in [-0.3, -0.25) is 0 Å². The zero-order valence-corrected chi connectivity index (χ0v) is 11.1. The van der Waals surface area contributed by atoms with Gasteiger partial charge in [0.2, 0.25) is 10.0 Å². The summed E-state index contributed by atoms with van der Waals surface area (Å²) >= 11 is 0. The number of benzene rings is 1. The van der Waals surface area contributed by atoms with E-state index < -0.39 is 22.4 Å². The van der Waals surface area contributed by atoms with Gasteiger partial charge in [-0.05, 0) is 24.3 Å². The predicted molar refractivity (Wildman–Crippen MR) is 68.4 cm³/mol. The van der Waals surface area contributed by atoms with Crippen molar-refractivity contribution in [3.63, 3.8) is 0 Å². The summed E-state index contributed by atoms with van der Waals surface area (Å²) in [6.07, 6.45) is 2.81. The Morgan fingerprint density at radius 3 is 2.75 bits per heavy atom. The molecule has 8 heteroatoms. The van der Waals surface area contributed by atoms with Crippen LogP contribution in [-0.4, -0.2) is 23.5 Å². The van der Waals surface area contributed by atoms with Crippen molar-refractivity contribution in [3.8, 4) is 0 Å². The lowest BCUT2D eigenvalue weighted by molar-refractivity contribution is 0.275. The summed E-state index contributed by atoms with van der Waals surface area (Å²) in [5.41, 5.74) is 0.433. The summed E-state index contributed by atoms with van der Waals surface area (Å²) in [5, 5.41) is 8.94. The van der Waals surface area contributed by atoms with Crippen molar-refractivity contribution >= 4 is 10.0 Å². The molecule has 1 aromatic carbocycles. The molecule has 2 aromatic rings. The molecule has 20 heavy (non-hydrogen) atoms. The number of aliphatic hydroxyl groups is 1. The van der Waals surface area contributed by atoms with Crippen LogP contribution in [0.4, 0.5) is 4.39 Å². The zero-order valence-electron chi connectivity index (χ0n) is 10.3. The van der Waals surface area contributed by atoms with Crippen LogP contribution in [0.5, 0.6) is 0 Å². The first-order chi connectivity index (χ1) is 9.53. The van der Waals surface area contributed by atoms with Crippen LogP contribution >= 0.6 is 0 Å². The number of aromatic nitrogens is 2. The summed E-state index contributed by atoms with van der Waals surface area (Å²) in [5.74, 6) is -0.651. The first-order valence-corrected chi connectivity index (χ1v) is 7.15. The number of nitrogens with zero attached hydrogens (tertiary/aromatic N) is 2. The van der Waals surface area contributed by atoms with Crippen LogP contribution in [0.2, 0.25) is 0 Å². The van der Waals surface area contributed by atoms with Gasteiger partial charge in [0.05, 0.1) is 23.7 Å². The van der Waals surface area contributed by atoms with Gasteiger partial charge in [0.15, 0.2) is 0 Å². The van der Waals surface area contributed by atoms with Gasteiger partial charge in [0.25, 0.3) is 0 Å². The Morgan fingerprint density at radius 2 is 2.10 bits per heavy atom. The van der Waals surface area contributed by atoms with Crippen LogP contribution < -0.4 is 4.72 Å². The summed E-state index contributed by atoms with van der Waals surface area (Å²) < 4.78 is 39.6. The highest BCUT2D eigenvalue weighted by Crippen LogP contribution is 2.15. The standard InChI is InChI=1S/C12H12FN3O3S/c13-12-2-1-11(5-9(12)7-17)20(18,19)16-6-10-3-4-14-8-15-10/h1-5,8,16-17H,6-7H2. The van der Waals surface area contributed by atoms with Crippen LogP contribution in [-0.2, 0) is 23.2 Å². The van der Waals surface area contributed by atoms with E-state index in [0.29, 0.717) is 5.69 Å². The topological polar surface area (TPSA) is 92.2 Å². The van der Waals surface area contributed by atoms with Gasteiger partial charge in [0, 0.05) is 11.8 Å². The number of rotatable bonds is 5. The molecule has 0 saturated carbocycles. The van der Waals surface area contributed by atoms with Crippen LogP contribution in [0.1, 0.15) is 11.3 Å². The fourth-order valence-corrected chi connectivity index (χ4v) is 2.56. The summed E-state index contributed by atoms with van der Waals surface area (Å²) in [6.45, 7) is -0.572. The molecule has 2 rings (SSSR count). The molecule has 2 N–H and O–H groups in total. The van der Waals surface area contributed by atoms with Crippen LogP contribution in [0.3, 0.4) is 0 Å². The number of halogens is 1. The number of aliphatic hydroxyl groups excluding tert-OH is 1. The van der Waals surface area contributed by atoms with Gasteiger partial charge in [-0.25, -0.2) is 27.5 Å². The molecule has 0 atom stereocenters. The number of nitrogens with one attached hydrogen (secondary N) is 1. The molecule has 0 aliphatic heterocycles. The van der Waals surface area contributed by atoms with E-state index in [-0.39, 0.29) is 17.0 Å². The van der Waals surface area contributed by atoms with Crippen molar-refractivity contribution in [2.24, 2.45) is 0 Å². The average Bonchev–Trinajstić information content (AvgIpc) is 2.46. The molecular weight excluding hydrogens is 285 g/mol. The van der Waals surface area contributed by atoms with E-state index in [1.165, 1.54) is 12.5 Å². The molecule has 1 heterocycles. The Kier molecular flexibility index (Phi) is 4.38. The van der Waals surface area contributed by atoms with Crippen molar-refractivity contribution in [2.45, 2.75) is 18.0 Å². The van der Waals surface area contributed by atoms with E-state index in [1.54, 1.807) is 6.07 Å². The lowest BCUT2D eigenvalue weighted by Gasteiger charge is -2.08. The van der Waals surface area contributed by atoms with Crippen LogP contribution in [0.15, 0.2) is 41.7 Å². The average molecular weight is 297 g/mol. The van der Waals surface area contributed by atoms with Crippen molar-refractivity contribution in [1.82, 2.24) is 14.7 Å².